The van der Waals surface area contributed by atoms with E-state index in [9.17, 15) is 9.90 Å². The van der Waals surface area contributed by atoms with Crippen molar-refractivity contribution in [3.05, 3.63) is 45.5 Å². The number of aliphatic hydroxyl groups is 1. The zero-order valence-corrected chi connectivity index (χ0v) is 18.2. The zero-order valence-electron chi connectivity index (χ0n) is 17.3. The molecule has 2 fully saturated rings. The summed E-state index contributed by atoms with van der Waals surface area (Å²) in [6.45, 7) is 9.73. The average molecular weight is 416 g/mol. The molecule has 1 heterocycles. The smallest absolute Gasteiger partial charge is 0.345 e. The van der Waals surface area contributed by atoms with E-state index in [-0.39, 0.29) is 23.5 Å². The van der Waals surface area contributed by atoms with Crippen molar-refractivity contribution in [1.29, 1.82) is 0 Å². The van der Waals surface area contributed by atoms with E-state index in [0.29, 0.717) is 17.2 Å². The Kier molecular flexibility index (Phi) is 7.54. The van der Waals surface area contributed by atoms with Gasteiger partial charge in [0.05, 0.1) is 12.0 Å². The van der Waals surface area contributed by atoms with Crippen LogP contribution in [0, 0.1) is 23.8 Å². The Morgan fingerprint density at radius 1 is 1.41 bits per heavy atom. The van der Waals surface area contributed by atoms with Crippen molar-refractivity contribution in [3.63, 3.8) is 0 Å². The second-order valence-electron chi connectivity index (χ2n) is 8.82. The fourth-order valence-electron chi connectivity index (χ4n) is 5.19. The number of hydrogen-bond acceptors (Lipinski definition) is 3. The molecule has 0 aromatic carbocycles. The third-order valence-corrected chi connectivity index (χ3v) is 8.47. The van der Waals surface area contributed by atoms with Gasteiger partial charge in [-0.05, 0) is 74.8 Å². The molecular weight excluding hydrogens is 382 g/mol. The summed E-state index contributed by atoms with van der Waals surface area (Å²) in [5.41, 5.74) is 0.133. The molecule has 0 bridgehead atoms. The van der Waals surface area contributed by atoms with E-state index >= 15 is 0 Å². The third-order valence-electron chi connectivity index (χ3n) is 7.34. The number of aliphatic hydroxyl groups excluding tert-OH is 1. The van der Waals surface area contributed by atoms with Crippen LogP contribution in [0.25, 0.3) is 4.85 Å². The topological polar surface area (TPSA) is 61.9 Å². The number of aryl methyl sites for hydroxylation is 1. The van der Waals surface area contributed by atoms with Crippen molar-refractivity contribution in [2.45, 2.75) is 83.3 Å². The van der Waals surface area contributed by atoms with Crippen LogP contribution in [-0.2, 0) is 6.42 Å². The number of carboxylic acids is 1. The molecule has 2 saturated carbocycles. The highest BCUT2D eigenvalue weighted by Crippen LogP contribution is 2.48. The maximum absolute atomic E-state index is 11.0. The molecule has 3 rings (SSSR count). The standard InChI is InChI=1S/C24H33NO3S/c1-3-24(15-6-16-24)22(26)10-5-9-19-17(11-13-20(19)25-2)7-4-8-18-12-14-21(29-18)23(27)28/h5,9,12,14,17,19-20,22,26H,3-4,6-8,10-11,13,15-16H2,1H3,(H,27,28)/t17-,19+,20-,22?/m0/s1. The minimum atomic E-state index is -0.851. The van der Waals surface area contributed by atoms with Gasteiger partial charge in [-0.1, -0.05) is 25.5 Å². The number of aromatic carboxylic acids is 1. The van der Waals surface area contributed by atoms with E-state index in [0.717, 1.165) is 56.2 Å². The van der Waals surface area contributed by atoms with Crippen molar-refractivity contribution in [1.82, 2.24) is 0 Å². The van der Waals surface area contributed by atoms with Crippen LogP contribution >= 0.6 is 11.3 Å². The number of nitrogens with zero attached hydrogens (tertiary/aromatic N) is 1. The normalized spacial score (nSPS) is 26.9. The van der Waals surface area contributed by atoms with Gasteiger partial charge in [-0.2, -0.15) is 0 Å². The second-order valence-corrected chi connectivity index (χ2v) is 9.99. The van der Waals surface area contributed by atoms with Gasteiger partial charge >= 0.3 is 5.97 Å². The van der Waals surface area contributed by atoms with E-state index in [2.05, 4.69) is 23.9 Å². The van der Waals surface area contributed by atoms with Crippen LogP contribution in [0.2, 0.25) is 0 Å². The van der Waals surface area contributed by atoms with E-state index in [1.54, 1.807) is 6.07 Å². The van der Waals surface area contributed by atoms with Gasteiger partial charge in [0.15, 0.2) is 0 Å². The molecule has 0 amide bonds. The fourth-order valence-corrected chi connectivity index (χ4v) is 6.08. The number of hydrogen-bond donors (Lipinski definition) is 2. The van der Waals surface area contributed by atoms with E-state index in [1.807, 2.05) is 6.07 Å². The van der Waals surface area contributed by atoms with Crippen LogP contribution in [-0.4, -0.2) is 28.3 Å². The first kappa shape index (κ1) is 22.1. The minimum absolute atomic E-state index is 0.0672. The monoisotopic (exact) mass is 415 g/mol. The Morgan fingerprint density at radius 3 is 2.79 bits per heavy atom. The minimum Gasteiger partial charge on any atom is -0.477 e. The summed E-state index contributed by atoms with van der Waals surface area (Å²) >= 11 is 1.37. The molecule has 5 heteroatoms. The molecule has 1 unspecified atom stereocenters. The first-order valence-electron chi connectivity index (χ1n) is 11.0. The molecule has 158 valence electrons. The molecule has 4 atom stereocenters. The lowest BCUT2D eigenvalue weighted by molar-refractivity contribution is -0.0355. The molecule has 2 aliphatic carbocycles. The van der Waals surface area contributed by atoms with Gasteiger partial charge in [-0.15, -0.1) is 11.3 Å². The molecule has 0 saturated heterocycles. The van der Waals surface area contributed by atoms with Crippen molar-refractivity contribution < 1.29 is 15.0 Å². The van der Waals surface area contributed by atoms with Crippen molar-refractivity contribution in [3.8, 4) is 0 Å². The Labute approximate surface area is 178 Å². The Morgan fingerprint density at radius 2 is 2.21 bits per heavy atom. The lowest BCUT2D eigenvalue weighted by atomic mass is 9.63. The lowest BCUT2D eigenvalue weighted by Crippen LogP contribution is -2.40. The van der Waals surface area contributed by atoms with Crippen LogP contribution < -0.4 is 0 Å². The number of carbonyl (C=O) groups is 1. The van der Waals surface area contributed by atoms with Gasteiger partial charge in [-0.3, -0.25) is 0 Å². The molecule has 0 spiro atoms. The van der Waals surface area contributed by atoms with E-state index < -0.39 is 5.97 Å². The summed E-state index contributed by atoms with van der Waals surface area (Å²) in [7, 11) is 0. The highest BCUT2D eigenvalue weighted by molar-refractivity contribution is 7.13. The third kappa shape index (κ3) is 5.10. The van der Waals surface area contributed by atoms with Gasteiger partial charge in [-0.25, -0.2) is 11.4 Å². The Balaban J connectivity index is 1.51. The SMILES string of the molecule is [C-]#[N+][C@H]1CC[C@H](CCCc2ccc(C(=O)O)s2)[C@H]1C=CCC(O)C1(CC)CCC1. The van der Waals surface area contributed by atoms with Gasteiger partial charge < -0.3 is 15.1 Å². The van der Waals surface area contributed by atoms with Gasteiger partial charge in [0, 0.05) is 11.3 Å². The summed E-state index contributed by atoms with van der Waals surface area (Å²) in [6.07, 6.45) is 14.4. The molecule has 0 aliphatic heterocycles. The van der Waals surface area contributed by atoms with Crippen LogP contribution in [0.4, 0.5) is 0 Å². The number of thiophene rings is 1. The highest BCUT2D eigenvalue weighted by atomic mass is 32.1. The Bertz CT molecular complexity index is 753. The fraction of sp³-hybridized carbons (Fsp3) is 0.667. The lowest BCUT2D eigenvalue weighted by Gasteiger charge is -2.45. The number of rotatable bonds is 10. The zero-order chi connectivity index (χ0) is 20.9. The Hall–Kier alpha value is -1.64. The maximum atomic E-state index is 11.0. The van der Waals surface area contributed by atoms with Crippen molar-refractivity contribution in [2.75, 3.05) is 0 Å². The van der Waals surface area contributed by atoms with Crippen molar-refractivity contribution >= 4 is 17.3 Å². The van der Waals surface area contributed by atoms with Crippen LogP contribution in [0.1, 0.15) is 79.3 Å². The average Bonchev–Trinajstić information content (AvgIpc) is 3.29. The first-order chi connectivity index (χ1) is 14.0. The van der Waals surface area contributed by atoms with Crippen LogP contribution in [0.15, 0.2) is 24.3 Å². The quantitative estimate of drug-likeness (QED) is 0.365. The molecule has 4 nitrogen and oxygen atoms in total. The van der Waals surface area contributed by atoms with Gasteiger partial charge in [0.25, 0.3) is 0 Å². The molecule has 1 aromatic heterocycles. The molecule has 29 heavy (non-hydrogen) atoms. The summed E-state index contributed by atoms with van der Waals surface area (Å²) in [5.74, 6) is -0.0436. The van der Waals surface area contributed by atoms with Crippen LogP contribution in [0.3, 0.4) is 0 Å². The molecular formula is C24H33NO3S. The molecule has 1 aromatic rings. The summed E-state index contributed by atoms with van der Waals surface area (Å²) in [5, 5.41) is 19.7. The van der Waals surface area contributed by atoms with Crippen LogP contribution in [0.5, 0.6) is 0 Å². The van der Waals surface area contributed by atoms with Gasteiger partial charge in [0.2, 0.25) is 6.04 Å². The highest BCUT2D eigenvalue weighted by Gasteiger charge is 2.41. The maximum Gasteiger partial charge on any atom is 0.345 e. The summed E-state index contributed by atoms with van der Waals surface area (Å²) < 4.78 is 0. The second kappa shape index (κ2) is 9.91. The summed E-state index contributed by atoms with van der Waals surface area (Å²) in [4.78, 5) is 16.4. The van der Waals surface area contributed by atoms with Crippen molar-refractivity contribution in [2.24, 2.45) is 17.3 Å². The first-order valence-corrected chi connectivity index (χ1v) is 11.8. The molecule has 0 radical (unpaired) electrons. The van der Waals surface area contributed by atoms with E-state index in [4.69, 9.17) is 11.7 Å². The van der Waals surface area contributed by atoms with E-state index in [1.165, 1.54) is 17.8 Å². The summed E-state index contributed by atoms with van der Waals surface area (Å²) in [6, 6.07) is 3.68. The predicted octanol–water partition coefficient (Wildman–Crippen LogP) is 5.97. The largest absolute Gasteiger partial charge is 0.477 e. The van der Waals surface area contributed by atoms with Gasteiger partial charge in [0.1, 0.15) is 4.88 Å². The molecule has 2 aliphatic rings. The molecule has 2 N–H and O–H groups in total. The predicted molar refractivity (Wildman–Crippen MR) is 117 cm³/mol. The number of carboxylic acid groups (broad SMARTS) is 1.